The van der Waals surface area contributed by atoms with Crippen LogP contribution < -0.4 is 4.72 Å². The summed E-state index contributed by atoms with van der Waals surface area (Å²) in [7, 11) is -4.14. The quantitative estimate of drug-likeness (QED) is 0.413. The van der Waals surface area contributed by atoms with Gasteiger partial charge in [0.1, 0.15) is 11.9 Å². The van der Waals surface area contributed by atoms with Crippen LogP contribution >= 0.6 is 0 Å². The Balaban J connectivity index is 1.93. The molecule has 2 aromatic carbocycles. The standard InChI is InChI=1S/C25H25F4N3O2S/c1-24(2,3)14-32-13-19(23(25(27,28)29)31-35(33,34)17-8-9-17)18-10-7-15(11-21(18)32)22-16(12-30)5-4-6-20(22)26/h4-7,10-11,13,17,23,31H,8-9,14H2,1-3H3. The molecule has 1 N–H and O–H groups in total. The molecule has 0 radical (unpaired) electrons. The number of fused-ring (bicyclic) bond motifs is 1. The minimum atomic E-state index is -4.87. The molecule has 4 rings (SSSR count). The zero-order valence-electron chi connectivity index (χ0n) is 19.4. The lowest BCUT2D eigenvalue weighted by Gasteiger charge is -2.22. The average Bonchev–Trinajstić information content (AvgIpc) is 3.55. The van der Waals surface area contributed by atoms with Gasteiger partial charge in [0.2, 0.25) is 10.0 Å². The van der Waals surface area contributed by atoms with E-state index in [1.165, 1.54) is 36.5 Å². The Bertz CT molecular complexity index is 1430. The molecule has 0 saturated heterocycles. The van der Waals surface area contributed by atoms with E-state index in [2.05, 4.69) is 0 Å². The van der Waals surface area contributed by atoms with E-state index in [-0.39, 0.29) is 27.5 Å². The Labute approximate surface area is 201 Å². The molecule has 1 saturated carbocycles. The van der Waals surface area contributed by atoms with Gasteiger partial charge in [0.05, 0.1) is 16.9 Å². The maximum absolute atomic E-state index is 14.7. The van der Waals surface area contributed by atoms with E-state index in [1.54, 1.807) is 10.6 Å². The Morgan fingerprint density at radius 3 is 2.43 bits per heavy atom. The number of nitriles is 1. The van der Waals surface area contributed by atoms with Crippen LogP contribution in [0.25, 0.3) is 22.0 Å². The van der Waals surface area contributed by atoms with Crippen LogP contribution in [0.2, 0.25) is 0 Å². The van der Waals surface area contributed by atoms with Crippen molar-refractivity contribution in [1.29, 1.82) is 5.26 Å². The fourth-order valence-electron chi connectivity index (χ4n) is 4.20. The van der Waals surface area contributed by atoms with Gasteiger partial charge in [0.15, 0.2) is 0 Å². The largest absolute Gasteiger partial charge is 0.408 e. The summed E-state index contributed by atoms with van der Waals surface area (Å²) >= 11 is 0. The molecule has 186 valence electrons. The number of hydrogen-bond acceptors (Lipinski definition) is 3. The van der Waals surface area contributed by atoms with Gasteiger partial charge in [-0.1, -0.05) is 39.0 Å². The van der Waals surface area contributed by atoms with Crippen LogP contribution in [0.15, 0.2) is 42.6 Å². The van der Waals surface area contributed by atoms with Gasteiger partial charge >= 0.3 is 6.18 Å². The first-order valence-electron chi connectivity index (χ1n) is 11.1. The van der Waals surface area contributed by atoms with E-state index >= 15 is 0 Å². The summed E-state index contributed by atoms with van der Waals surface area (Å²) in [5.41, 5.74) is 0.346. The molecule has 10 heteroatoms. The molecule has 1 heterocycles. The lowest BCUT2D eigenvalue weighted by Crippen LogP contribution is -2.39. The predicted octanol–water partition coefficient (Wildman–Crippen LogP) is 6.05. The topological polar surface area (TPSA) is 74.9 Å². The highest BCUT2D eigenvalue weighted by Crippen LogP contribution is 2.41. The molecule has 0 amide bonds. The highest BCUT2D eigenvalue weighted by Gasteiger charge is 2.47. The number of rotatable bonds is 6. The van der Waals surface area contributed by atoms with Crippen LogP contribution in [-0.4, -0.2) is 24.4 Å². The van der Waals surface area contributed by atoms with E-state index in [9.17, 15) is 31.2 Å². The van der Waals surface area contributed by atoms with Crippen molar-refractivity contribution in [3.63, 3.8) is 0 Å². The van der Waals surface area contributed by atoms with E-state index in [1.807, 2.05) is 31.6 Å². The van der Waals surface area contributed by atoms with Gasteiger partial charge < -0.3 is 4.57 Å². The molecule has 1 unspecified atom stereocenters. The average molecular weight is 508 g/mol. The van der Waals surface area contributed by atoms with Gasteiger partial charge in [-0.25, -0.2) is 12.8 Å². The SMILES string of the molecule is CC(C)(C)Cn1cc(C(NS(=O)(=O)C2CC2)C(F)(F)F)c2ccc(-c3c(F)cccc3C#N)cc21. The van der Waals surface area contributed by atoms with Crippen LogP contribution in [0.5, 0.6) is 0 Å². The number of alkyl halides is 3. The van der Waals surface area contributed by atoms with E-state index in [0.717, 1.165) is 0 Å². The molecule has 1 atom stereocenters. The molecule has 5 nitrogen and oxygen atoms in total. The Morgan fingerprint density at radius 1 is 1.17 bits per heavy atom. The maximum Gasteiger partial charge on any atom is 0.408 e. The van der Waals surface area contributed by atoms with Crippen LogP contribution in [0.4, 0.5) is 17.6 Å². The van der Waals surface area contributed by atoms with Crippen LogP contribution in [0, 0.1) is 22.6 Å². The number of hydrogen-bond donors (Lipinski definition) is 1. The lowest BCUT2D eigenvalue weighted by atomic mass is 9.96. The van der Waals surface area contributed by atoms with Crippen molar-refractivity contribution in [2.75, 3.05) is 0 Å². The Hall–Kier alpha value is -2.90. The second-order valence-corrected chi connectivity index (χ2v) is 12.1. The first-order valence-corrected chi connectivity index (χ1v) is 12.7. The van der Waals surface area contributed by atoms with E-state index < -0.39 is 33.3 Å². The van der Waals surface area contributed by atoms with Gasteiger partial charge in [-0.15, -0.1) is 0 Å². The molecule has 0 spiro atoms. The van der Waals surface area contributed by atoms with Crippen molar-refractivity contribution in [2.45, 2.75) is 57.6 Å². The second-order valence-electron chi connectivity index (χ2n) is 10.1. The zero-order chi connectivity index (χ0) is 25.8. The molecule has 1 fully saturated rings. The third-order valence-corrected chi connectivity index (χ3v) is 7.78. The summed E-state index contributed by atoms with van der Waals surface area (Å²) in [5.74, 6) is -0.622. The van der Waals surface area contributed by atoms with Crippen LogP contribution in [0.1, 0.15) is 50.8 Å². The normalized spacial score (nSPS) is 15.8. The highest BCUT2D eigenvalue weighted by molar-refractivity contribution is 7.90. The summed E-state index contributed by atoms with van der Waals surface area (Å²) in [5, 5.41) is 8.83. The summed E-state index contributed by atoms with van der Waals surface area (Å²) in [6.45, 7) is 6.09. The molecular weight excluding hydrogens is 482 g/mol. The fraction of sp³-hybridized carbons (Fsp3) is 0.400. The minimum Gasteiger partial charge on any atom is -0.347 e. The number of sulfonamides is 1. The minimum absolute atomic E-state index is 0.0590. The third-order valence-electron chi connectivity index (χ3n) is 5.86. The van der Waals surface area contributed by atoms with Gasteiger partial charge in [-0.2, -0.15) is 23.2 Å². The number of halogens is 4. The van der Waals surface area contributed by atoms with Crippen LogP contribution in [0.3, 0.4) is 0 Å². The Kier molecular flexibility index (Phi) is 6.22. The smallest absolute Gasteiger partial charge is 0.347 e. The van der Waals surface area contributed by atoms with E-state index in [0.29, 0.717) is 30.5 Å². The fourth-order valence-corrected chi connectivity index (χ4v) is 5.74. The van der Waals surface area contributed by atoms with Crippen molar-refractivity contribution >= 4 is 20.9 Å². The number of benzene rings is 2. The second kappa shape index (κ2) is 8.64. The number of aromatic nitrogens is 1. The van der Waals surface area contributed by atoms with Gasteiger partial charge in [-0.3, -0.25) is 0 Å². The van der Waals surface area contributed by atoms with Crippen molar-refractivity contribution < 1.29 is 26.0 Å². The Morgan fingerprint density at radius 2 is 1.86 bits per heavy atom. The van der Waals surface area contributed by atoms with Crippen molar-refractivity contribution in [2.24, 2.45) is 5.41 Å². The number of nitrogens with one attached hydrogen (secondary N) is 1. The third kappa shape index (κ3) is 5.21. The first-order chi connectivity index (χ1) is 16.2. The van der Waals surface area contributed by atoms with Crippen molar-refractivity contribution in [1.82, 2.24) is 9.29 Å². The van der Waals surface area contributed by atoms with Crippen LogP contribution in [-0.2, 0) is 16.6 Å². The predicted molar refractivity (Wildman–Crippen MR) is 125 cm³/mol. The van der Waals surface area contributed by atoms with Gasteiger partial charge in [0.25, 0.3) is 0 Å². The summed E-state index contributed by atoms with van der Waals surface area (Å²) in [6.07, 6.45) is -2.89. The zero-order valence-corrected chi connectivity index (χ0v) is 20.3. The van der Waals surface area contributed by atoms with Crippen molar-refractivity contribution in [3.05, 3.63) is 59.5 Å². The van der Waals surface area contributed by atoms with Gasteiger partial charge in [0, 0.05) is 34.8 Å². The summed E-state index contributed by atoms with van der Waals surface area (Å²) < 4.78 is 85.6. The molecule has 3 aromatic rings. The summed E-state index contributed by atoms with van der Waals surface area (Å²) in [6, 6.07) is 8.05. The lowest BCUT2D eigenvalue weighted by molar-refractivity contribution is -0.152. The molecule has 35 heavy (non-hydrogen) atoms. The molecule has 1 aliphatic rings. The molecule has 1 aliphatic carbocycles. The molecule has 1 aromatic heterocycles. The number of nitrogens with zero attached hydrogens (tertiary/aromatic N) is 2. The first kappa shape index (κ1) is 25.2. The highest BCUT2D eigenvalue weighted by atomic mass is 32.2. The van der Waals surface area contributed by atoms with Gasteiger partial charge in [-0.05, 0) is 42.0 Å². The molecular formula is C25H25F4N3O2S. The summed E-state index contributed by atoms with van der Waals surface area (Å²) in [4.78, 5) is 0. The molecule has 0 aliphatic heterocycles. The monoisotopic (exact) mass is 507 g/mol. The maximum atomic E-state index is 14.7. The molecule has 0 bridgehead atoms. The van der Waals surface area contributed by atoms with E-state index in [4.69, 9.17) is 0 Å². The van der Waals surface area contributed by atoms with Crippen molar-refractivity contribution in [3.8, 4) is 17.2 Å².